The van der Waals surface area contributed by atoms with E-state index in [0.29, 0.717) is 33.4 Å². The van der Waals surface area contributed by atoms with Crippen LogP contribution in [0.5, 0.6) is 0 Å². The lowest BCUT2D eigenvalue weighted by molar-refractivity contribution is -0.115. The van der Waals surface area contributed by atoms with Crippen LogP contribution in [0.15, 0.2) is 12.1 Å². The third-order valence-corrected chi connectivity index (χ3v) is 4.69. The van der Waals surface area contributed by atoms with Gasteiger partial charge in [-0.3, -0.25) is 9.59 Å². The van der Waals surface area contributed by atoms with E-state index in [1.54, 1.807) is 12.1 Å². The molecule has 2 aromatic heterocycles. The number of amides is 2. The number of carbonyl (C=O) groups is 2. The first-order chi connectivity index (χ1) is 13.0. The van der Waals surface area contributed by atoms with Gasteiger partial charge in [0, 0.05) is 24.8 Å². The SMILES string of the molecule is CC(=O)Nc1cc(-c2nn3nc(C(C)(C)C)c(Cl)c3[nH]2)cc(NC(C)=O)c1Cl. The van der Waals surface area contributed by atoms with Gasteiger partial charge in [0.15, 0.2) is 11.5 Å². The minimum absolute atomic E-state index is 0.221. The van der Waals surface area contributed by atoms with Crippen LogP contribution in [-0.4, -0.2) is 31.6 Å². The zero-order valence-corrected chi connectivity index (χ0v) is 17.6. The Morgan fingerprint density at radius 3 is 1.96 bits per heavy atom. The standard InChI is InChI=1S/C18H20Cl2N6O2/c1-8(27)21-11-6-10(7-12(13(11)19)22-9(2)28)16-23-17-14(20)15(18(3,4)5)24-26(17)25-16/h6-7H,1-5H3,(H,21,27)(H,22,28)(H,23,25). The van der Waals surface area contributed by atoms with E-state index in [2.05, 4.69) is 25.8 Å². The molecule has 3 aromatic rings. The van der Waals surface area contributed by atoms with Gasteiger partial charge in [-0.15, -0.1) is 9.73 Å². The summed E-state index contributed by atoms with van der Waals surface area (Å²) in [6, 6.07) is 3.32. The first-order valence-electron chi connectivity index (χ1n) is 8.51. The van der Waals surface area contributed by atoms with Crippen LogP contribution in [0.1, 0.15) is 40.3 Å². The zero-order chi connectivity index (χ0) is 20.8. The van der Waals surface area contributed by atoms with E-state index in [0.717, 1.165) is 5.69 Å². The minimum Gasteiger partial charge on any atom is -0.325 e. The summed E-state index contributed by atoms with van der Waals surface area (Å²) in [5, 5.41) is 14.9. The van der Waals surface area contributed by atoms with Crippen LogP contribution >= 0.6 is 23.2 Å². The van der Waals surface area contributed by atoms with Gasteiger partial charge in [0.2, 0.25) is 11.8 Å². The van der Waals surface area contributed by atoms with Crippen molar-refractivity contribution in [1.29, 1.82) is 0 Å². The van der Waals surface area contributed by atoms with E-state index in [9.17, 15) is 9.59 Å². The summed E-state index contributed by atoms with van der Waals surface area (Å²) in [7, 11) is 0. The largest absolute Gasteiger partial charge is 0.325 e. The molecule has 148 valence electrons. The van der Waals surface area contributed by atoms with Crippen LogP contribution in [0.25, 0.3) is 17.0 Å². The van der Waals surface area contributed by atoms with Gasteiger partial charge >= 0.3 is 0 Å². The van der Waals surface area contributed by atoms with E-state index >= 15 is 0 Å². The van der Waals surface area contributed by atoms with Gasteiger partial charge in [-0.05, 0) is 12.1 Å². The number of hydrogen-bond donors (Lipinski definition) is 3. The van der Waals surface area contributed by atoms with Crippen molar-refractivity contribution in [1.82, 2.24) is 19.8 Å². The molecule has 0 atom stereocenters. The topological polar surface area (TPSA) is 104 Å². The van der Waals surface area contributed by atoms with Crippen LogP contribution < -0.4 is 10.6 Å². The Kier molecular flexibility index (Phi) is 5.12. The number of rotatable bonds is 3. The molecule has 0 fully saturated rings. The van der Waals surface area contributed by atoms with E-state index in [4.69, 9.17) is 23.2 Å². The molecule has 0 aliphatic rings. The Balaban J connectivity index is 2.14. The Morgan fingerprint density at radius 1 is 1.00 bits per heavy atom. The van der Waals surface area contributed by atoms with Crippen LogP contribution in [-0.2, 0) is 15.0 Å². The highest BCUT2D eigenvalue weighted by molar-refractivity contribution is 6.37. The van der Waals surface area contributed by atoms with Gasteiger partial charge in [-0.2, -0.15) is 5.10 Å². The lowest BCUT2D eigenvalue weighted by Crippen LogP contribution is -2.13. The molecule has 3 rings (SSSR count). The maximum Gasteiger partial charge on any atom is 0.221 e. The van der Waals surface area contributed by atoms with Crippen molar-refractivity contribution in [2.75, 3.05) is 10.6 Å². The normalized spacial score (nSPS) is 11.7. The van der Waals surface area contributed by atoms with Crippen LogP contribution in [0.4, 0.5) is 11.4 Å². The maximum atomic E-state index is 11.5. The second kappa shape index (κ2) is 7.10. The number of nitrogens with one attached hydrogen (secondary N) is 3. The molecule has 1 aromatic carbocycles. The van der Waals surface area contributed by atoms with Gasteiger partial charge < -0.3 is 15.6 Å². The van der Waals surface area contributed by atoms with Crippen LogP contribution in [0, 0.1) is 0 Å². The molecular weight excluding hydrogens is 403 g/mol. The average molecular weight is 423 g/mol. The predicted molar refractivity (Wildman–Crippen MR) is 110 cm³/mol. The fourth-order valence-corrected chi connectivity index (χ4v) is 3.38. The van der Waals surface area contributed by atoms with Crippen molar-refractivity contribution in [3.05, 3.63) is 27.9 Å². The van der Waals surface area contributed by atoms with Gasteiger partial charge in [0.05, 0.1) is 22.1 Å². The number of benzene rings is 1. The summed E-state index contributed by atoms with van der Waals surface area (Å²) in [5.41, 5.74) is 2.35. The number of fused-ring (bicyclic) bond motifs is 1. The van der Waals surface area contributed by atoms with Crippen LogP contribution in [0.2, 0.25) is 10.0 Å². The average Bonchev–Trinajstić information content (AvgIpc) is 3.09. The monoisotopic (exact) mass is 422 g/mol. The molecule has 0 radical (unpaired) electrons. The number of nitrogens with zero attached hydrogens (tertiary/aromatic N) is 3. The van der Waals surface area contributed by atoms with Crippen molar-refractivity contribution in [2.45, 2.75) is 40.0 Å². The van der Waals surface area contributed by atoms with E-state index < -0.39 is 0 Å². The highest BCUT2D eigenvalue weighted by Crippen LogP contribution is 2.36. The molecule has 0 spiro atoms. The second-order valence-electron chi connectivity index (χ2n) is 7.47. The summed E-state index contributed by atoms with van der Waals surface area (Å²) < 4.78 is 1.43. The molecule has 0 aliphatic carbocycles. The Morgan fingerprint density at radius 2 is 1.54 bits per heavy atom. The molecule has 2 amide bonds. The fraction of sp³-hybridized carbons (Fsp3) is 0.333. The molecule has 0 saturated carbocycles. The molecule has 3 N–H and O–H groups in total. The van der Waals surface area contributed by atoms with Gasteiger partial charge in [0.25, 0.3) is 0 Å². The third-order valence-electron chi connectivity index (χ3n) is 3.92. The molecule has 8 nitrogen and oxygen atoms in total. The molecule has 0 aliphatic heterocycles. The summed E-state index contributed by atoms with van der Waals surface area (Å²) in [4.78, 5) is 26.2. The highest BCUT2D eigenvalue weighted by atomic mass is 35.5. The number of halogens is 2. The van der Waals surface area contributed by atoms with Crippen molar-refractivity contribution < 1.29 is 9.59 Å². The number of anilines is 2. The highest BCUT2D eigenvalue weighted by Gasteiger charge is 2.25. The van der Waals surface area contributed by atoms with E-state index in [1.807, 2.05) is 20.8 Å². The maximum absolute atomic E-state index is 11.5. The second-order valence-corrected chi connectivity index (χ2v) is 8.23. The summed E-state index contributed by atoms with van der Waals surface area (Å²) in [5.74, 6) is -0.125. The Bertz CT molecular complexity index is 1060. The van der Waals surface area contributed by atoms with Gasteiger partial charge in [-0.1, -0.05) is 44.0 Å². The van der Waals surface area contributed by atoms with Crippen LogP contribution in [0.3, 0.4) is 0 Å². The smallest absolute Gasteiger partial charge is 0.221 e. The van der Waals surface area contributed by atoms with Crippen molar-refractivity contribution in [3.63, 3.8) is 0 Å². The summed E-state index contributed by atoms with van der Waals surface area (Å²) >= 11 is 12.8. The first-order valence-corrected chi connectivity index (χ1v) is 9.27. The van der Waals surface area contributed by atoms with Crippen molar-refractivity contribution in [3.8, 4) is 11.4 Å². The van der Waals surface area contributed by atoms with Gasteiger partial charge in [0.1, 0.15) is 5.02 Å². The number of carbonyl (C=O) groups excluding carboxylic acids is 2. The Hall–Kier alpha value is -2.58. The molecule has 0 saturated heterocycles. The zero-order valence-electron chi connectivity index (χ0n) is 16.1. The van der Waals surface area contributed by atoms with Crippen molar-refractivity contribution >= 4 is 52.0 Å². The Labute approximate surface area is 171 Å². The number of aromatic nitrogens is 4. The van der Waals surface area contributed by atoms with Gasteiger partial charge in [-0.25, -0.2) is 0 Å². The lowest BCUT2D eigenvalue weighted by Gasteiger charge is -2.15. The molecule has 0 bridgehead atoms. The summed E-state index contributed by atoms with van der Waals surface area (Å²) in [6.07, 6.45) is 0. The quantitative estimate of drug-likeness (QED) is 0.586. The molecular formula is C18H20Cl2N6O2. The molecule has 28 heavy (non-hydrogen) atoms. The number of H-pyrrole nitrogens is 1. The lowest BCUT2D eigenvalue weighted by atomic mass is 9.92. The minimum atomic E-state index is -0.292. The molecule has 10 heteroatoms. The number of aromatic amines is 1. The molecule has 0 unspecified atom stereocenters. The predicted octanol–water partition coefficient (Wildman–Crippen LogP) is 4.25. The summed E-state index contributed by atoms with van der Waals surface area (Å²) in [6.45, 7) is 8.78. The van der Waals surface area contributed by atoms with E-state index in [-0.39, 0.29) is 22.3 Å². The molecule has 2 heterocycles. The van der Waals surface area contributed by atoms with E-state index in [1.165, 1.54) is 18.5 Å². The van der Waals surface area contributed by atoms with Crippen molar-refractivity contribution in [2.24, 2.45) is 0 Å². The number of hydrogen-bond acceptors (Lipinski definition) is 4. The first kappa shape index (κ1) is 20.2. The third kappa shape index (κ3) is 3.83. The fourth-order valence-electron chi connectivity index (χ4n) is 2.73.